The third-order valence-corrected chi connectivity index (χ3v) is 12.1. The number of aliphatic hydroxyl groups is 1. The number of rotatable bonds is 48. The molecule has 1 amide bonds. The number of aliphatic hydroxyl groups excluding tert-OH is 1. The maximum atomic E-state index is 12.4. The van der Waals surface area contributed by atoms with Crippen molar-refractivity contribution in [2.45, 2.75) is 244 Å². The summed E-state index contributed by atoms with van der Waals surface area (Å²) in [6.07, 6.45) is 54.1. The van der Waals surface area contributed by atoms with E-state index in [0.717, 1.165) is 83.5 Å². The Bertz CT molecular complexity index is 1270. The predicted molar refractivity (Wildman–Crippen MR) is 263 cm³/mol. The summed E-state index contributed by atoms with van der Waals surface area (Å²) >= 11 is 0. The number of phosphoric ester groups is 1. The van der Waals surface area contributed by atoms with Gasteiger partial charge in [0.25, 0.3) is 0 Å². The molecule has 0 saturated carbocycles. The SMILES string of the molecule is CCCCC/C=C\C/C=C\C/C=C\C/C=C\CCCCCCCCCC(=O)NC(COP(=O)(O)OCC(O)COC(=O)CCCCCCCCCCCCCCCCCCC)C(=O)O. The molecular weight excluding hydrogens is 830 g/mol. The average Bonchev–Trinajstić information content (AvgIpc) is 3.27. The van der Waals surface area contributed by atoms with Gasteiger partial charge in [-0.3, -0.25) is 18.6 Å². The number of hydrogen-bond acceptors (Lipinski definition) is 8. The van der Waals surface area contributed by atoms with Gasteiger partial charge in [0.1, 0.15) is 12.7 Å². The second-order valence-corrected chi connectivity index (χ2v) is 18.8. The van der Waals surface area contributed by atoms with Crippen LogP contribution in [-0.4, -0.2) is 64.9 Å². The maximum absolute atomic E-state index is 12.4. The van der Waals surface area contributed by atoms with E-state index in [4.69, 9.17) is 13.8 Å². The fourth-order valence-electron chi connectivity index (χ4n) is 7.12. The van der Waals surface area contributed by atoms with Crippen LogP contribution in [0, 0.1) is 0 Å². The van der Waals surface area contributed by atoms with E-state index in [1.165, 1.54) is 109 Å². The van der Waals surface area contributed by atoms with Gasteiger partial charge >= 0.3 is 19.8 Å². The molecule has 0 aliphatic carbocycles. The summed E-state index contributed by atoms with van der Waals surface area (Å²) in [5.41, 5.74) is 0. The number of carboxylic acids is 1. The van der Waals surface area contributed by atoms with Gasteiger partial charge in [-0.2, -0.15) is 0 Å². The standard InChI is InChI=1S/C52H94NO10P/c1-3-5-7-9-11-13-15-17-19-21-22-23-24-25-26-28-29-31-33-35-37-39-41-43-50(55)53-49(52(57)58)47-63-64(59,60)62-46-48(54)45-61-51(56)44-42-40-38-36-34-32-30-27-20-18-16-14-12-10-8-6-4-2/h11,13,17,19,22-23,25-26,48-49,54H,3-10,12,14-16,18,20-21,24,27-47H2,1-2H3,(H,53,55)(H,57,58)(H,59,60)/b13-11-,19-17-,23-22-,26-25-. The van der Waals surface area contributed by atoms with Gasteiger partial charge in [0.05, 0.1) is 13.2 Å². The summed E-state index contributed by atoms with van der Waals surface area (Å²) in [5.74, 6) is -2.38. The molecule has 0 aliphatic rings. The van der Waals surface area contributed by atoms with Crippen LogP contribution in [0.1, 0.15) is 232 Å². The Kier molecular flexibility index (Phi) is 45.1. The molecule has 4 N–H and O–H groups in total. The summed E-state index contributed by atoms with van der Waals surface area (Å²) in [4.78, 5) is 46.1. The fraction of sp³-hybridized carbons (Fsp3) is 0.788. The minimum absolute atomic E-state index is 0.132. The van der Waals surface area contributed by atoms with Crippen molar-refractivity contribution < 1.29 is 47.8 Å². The third-order valence-electron chi connectivity index (χ3n) is 11.1. The summed E-state index contributed by atoms with van der Waals surface area (Å²) in [6.45, 7) is 2.59. The first-order valence-electron chi connectivity index (χ1n) is 25.7. The zero-order valence-corrected chi connectivity index (χ0v) is 41.5. The molecule has 0 aromatic carbocycles. The number of carbonyl (C=O) groups excluding carboxylic acids is 2. The van der Waals surface area contributed by atoms with Crippen LogP contribution >= 0.6 is 7.82 Å². The molecule has 0 aromatic heterocycles. The van der Waals surface area contributed by atoms with Gasteiger partial charge in [0, 0.05) is 12.8 Å². The number of carboxylic acid groups (broad SMARTS) is 1. The van der Waals surface area contributed by atoms with E-state index in [1.807, 2.05) is 0 Å². The molecule has 0 fully saturated rings. The molecule has 64 heavy (non-hydrogen) atoms. The Hall–Kier alpha value is -2.56. The number of phosphoric acid groups is 1. The normalized spacial score (nSPS) is 13.9. The van der Waals surface area contributed by atoms with Crippen LogP contribution in [0.15, 0.2) is 48.6 Å². The van der Waals surface area contributed by atoms with Crippen LogP contribution in [0.4, 0.5) is 0 Å². The van der Waals surface area contributed by atoms with Crippen molar-refractivity contribution in [3.05, 3.63) is 48.6 Å². The monoisotopic (exact) mass is 924 g/mol. The summed E-state index contributed by atoms with van der Waals surface area (Å²) < 4.78 is 26.9. The van der Waals surface area contributed by atoms with E-state index >= 15 is 0 Å². The summed E-state index contributed by atoms with van der Waals surface area (Å²) in [6, 6.07) is -1.55. The molecule has 0 aromatic rings. The van der Waals surface area contributed by atoms with Gasteiger partial charge in [-0.05, 0) is 57.8 Å². The highest BCUT2D eigenvalue weighted by Crippen LogP contribution is 2.43. The van der Waals surface area contributed by atoms with E-state index in [2.05, 4.69) is 67.8 Å². The van der Waals surface area contributed by atoms with Crippen LogP contribution in [0.25, 0.3) is 0 Å². The van der Waals surface area contributed by atoms with E-state index < -0.39 is 57.6 Å². The average molecular weight is 924 g/mol. The predicted octanol–water partition coefficient (Wildman–Crippen LogP) is 14.1. The molecule has 0 spiro atoms. The lowest BCUT2D eigenvalue weighted by atomic mass is 10.0. The smallest absolute Gasteiger partial charge is 0.472 e. The van der Waals surface area contributed by atoms with Crippen molar-refractivity contribution in [1.29, 1.82) is 0 Å². The molecule has 3 atom stereocenters. The van der Waals surface area contributed by atoms with Crippen LogP contribution in [0.5, 0.6) is 0 Å². The Morgan fingerprint density at radius 1 is 0.500 bits per heavy atom. The van der Waals surface area contributed by atoms with Crippen LogP contribution in [0.2, 0.25) is 0 Å². The largest absolute Gasteiger partial charge is 0.480 e. The fourth-order valence-corrected chi connectivity index (χ4v) is 7.90. The van der Waals surface area contributed by atoms with Gasteiger partial charge in [0.15, 0.2) is 6.04 Å². The minimum Gasteiger partial charge on any atom is -0.480 e. The maximum Gasteiger partial charge on any atom is 0.472 e. The topological polar surface area (TPSA) is 169 Å². The quantitative estimate of drug-likeness (QED) is 0.0199. The first-order chi connectivity index (χ1) is 31.1. The van der Waals surface area contributed by atoms with Crippen LogP contribution in [-0.2, 0) is 32.7 Å². The number of carbonyl (C=O) groups is 3. The van der Waals surface area contributed by atoms with Crippen molar-refractivity contribution in [2.75, 3.05) is 19.8 Å². The number of esters is 1. The van der Waals surface area contributed by atoms with Gasteiger partial charge in [0.2, 0.25) is 5.91 Å². The zero-order chi connectivity index (χ0) is 47.0. The van der Waals surface area contributed by atoms with Gasteiger partial charge in [-0.1, -0.05) is 210 Å². The van der Waals surface area contributed by atoms with Crippen LogP contribution in [0.3, 0.4) is 0 Å². The van der Waals surface area contributed by atoms with Crippen molar-refractivity contribution in [3.8, 4) is 0 Å². The zero-order valence-electron chi connectivity index (χ0n) is 40.6. The Morgan fingerprint density at radius 2 is 0.859 bits per heavy atom. The second kappa shape index (κ2) is 47.0. The van der Waals surface area contributed by atoms with Crippen molar-refractivity contribution >= 4 is 25.7 Å². The number of unbranched alkanes of at least 4 members (excludes halogenated alkanes) is 26. The summed E-state index contributed by atoms with van der Waals surface area (Å²) in [5, 5.41) is 21.9. The second-order valence-electron chi connectivity index (χ2n) is 17.4. The first-order valence-corrected chi connectivity index (χ1v) is 27.2. The van der Waals surface area contributed by atoms with Gasteiger partial charge in [-0.25, -0.2) is 9.36 Å². The van der Waals surface area contributed by atoms with Crippen molar-refractivity contribution in [1.82, 2.24) is 5.32 Å². The van der Waals surface area contributed by atoms with Crippen molar-refractivity contribution in [3.63, 3.8) is 0 Å². The minimum atomic E-state index is -4.76. The molecule has 3 unspecified atom stereocenters. The molecule has 0 rings (SSSR count). The Labute approximate surface area is 390 Å². The van der Waals surface area contributed by atoms with Crippen LogP contribution < -0.4 is 5.32 Å². The highest BCUT2D eigenvalue weighted by Gasteiger charge is 2.28. The molecular formula is C52H94NO10P. The third kappa shape index (κ3) is 46.0. The lowest BCUT2D eigenvalue weighted by Gasteiger charge is -2.18. The van der Waals surface area contributed by atoms with E-state index in [1.54, 1.807) is 0 Å². The molecule has 0 bridgehead atoms. The molecule has 11 nitrogen and oxygen atoms in total. The number of amides is 1. The molecule has 0 radical (unpaired) electrons. The Morgan fingerprint density at radius 3 is 1.31 bits per heavy atom. The highest BCUT2D eigenvalue weighted by molar-refractivity contribution is 7.47. The Balaban J connectivity index is 3.86. The molecule has 12 heteroatoms. The van der Waals surface area contributed by atoms with Crippen molar-refractivity contribution in [2.24, 2.45) is 0 Å². The van der Waals surface area contributed by atoms with E-state index in [-0.39, 0.29) is 12.8 Å². The van der Waals surface area contributed by atoms with Gasteiger partial charge in [-0.15, -0.1) is 0 Å². The number of nitrogens with one attached hydrogen (secondary N) is 1. The highest BCUT2D eigenvalue weighted by atomic mass is 31.2. The first kappa shape index (κ1) is 61.4. The number of aliphatic carboxylic acids is 1. The lowest BCUT2D eigenvalue weighted by Crippen LogP contribution is -2.43. The summed E-state index contributed by atoms with van der Waals surface area (Å²) in [7, 11) is -4.76. The molecule has 0 saturated heterocycles. The molecule has 0 heterocycles. The molecule has 372 valence electrons. The lowest BCUT2D eigenvalue weighted by molar-refractivity contribution is -0.147. The molecule has 0 aliphatic heterocycles. The van der Waals surface area contributed by atoms with E-state index in [0.29, 0.717) is 12.8 Å². The number of ether oxygens (including phenoxy) is 1. The van der Waals surface area contributed by atoms with E-state index in [9.17, 15) is 34.1 Å². The van der Waals surface area contributed by atoms with Gasteiger partial charge < -0.3 is 25.2 Å². The number of hydrogen-bond donors (Lipinski definition) is 4. The number of allylic oxidation sites excluding steroid dienone is 8.